The molecule has 1 aromatic heterocycles. The van der Waals surface area contributed by atoms with Gasteiger partial charge in [0.15, 0.2) is 6.10 Å². The summed E-state index contributed by atoms with van der Waals surface area (Å²) < 4.78 is 36.5. The van der Waals surface area contributed by atoms with E-state index >= 15 is 0 Å². The molecule has 0 fully saturated rings. The molecule has 1 heterocycles. The molecule has 1 unspecified atom stereocenters. The molecule has 0 aliphatic heterocycles. The average molecular weight is 299 g/mol. The minimum atomic E-state index is -4.62. The second-order valence-electron chi connectivity index (χ2n) is 3.28. The van der Waals surface area contributed by atoms with Crippen molar-refractivity contribution >= 4 is 21.7 Å². The number of anilines is 1. The summed E-state index contributed by atoms with van der Waals surface area (Å²) in [5, 5.41) is 11.2. The molecule has 7 heteroatoms. The van der Waals surface area contributed by atoms with E-state index in [1.54, 1.807) is 6.07 Å². The van der Waals surface area contributed by atoms with E-state index in [1.807, 2.05) is 6.92 Å². The van der Waals surface area contributed by atoms with E-state index in [2.05, 4.69) is 26.2 Å². The molecule has 0 amide bonds. The number of aromatic nitrogens is 1. The van der Waals surface area contributed by atoms with Crippen molar-refractivity contribution in [2.75, 3.05) is 11.9 Å². The zero-order chi connectivity index (χ0) is 12.3. The SMILES string of the molecule is Cc1cnc(NCC(O)C(F)(F)F)c(Br)c1. The molecule has 0 aromatic carbocycles. The van der Waals surface area contributed by atoms with E-state index in [9.17, 15) is 13.2 Å². The van der Waals surface area contributed by atoms with E-state index < -0.39 is 18.8 Å². The predicted octanol–water partition coefficient (Wildman–Crippen LogP) is 2.49. The molecule has 0 saturated carbocycles. The van der Waals surface area contributed by atoms with Crippen molar-refractivity contribution in [1.29, 1.82) is 0 Å². The standard InChI is InChI=1S/C9H10BrF3N2O/c1-5-2-6(10)8(14-3-5)15-4-7(16)9(11,12)13/h2-3,7,16H,4H2,1H3,(H,14,15). The fraction of sp³-hybridized carbons (Fsp3) is 0.444. The second-order valence-corrected chi connectivity index (χ2v) is 4.14. The maximum Gasteiger partial charge on any atom is 0.416 e. The van der Waals surface area contributed by atoms with Crippen molar-refractivity contribution in [2.24, 2.45) is 0 Å². The minimum absolute atomic E-state index is 0.272. The topological polar surface area (TPSA) is 45.2 Å². The molecule has 0 saturated heterocycles. The van der Waals surface area contributed by atoms with Crippen molar-refractivity contribution in [2.45, 2.75) is 19.2 Å². The maximum absolute atomic E-state index is 12.0. The first kappa shape index (κ1) is 13.2. The fourth-order valence-electron chi connectivity index (χ4n) is 0.973. The summed E-state index contributed by atoms with van der Waals surface area (Å²) in [6, 6.07) is 1.72. The van der Waals surface area contributed by atoms with E-state index in [4.69, 9.17) is 5.11 Å². The molecule has 1 rings (SSSR count). The van der Waals surface area contributed by atoms with Crippen molar-refractivity contribution in [3.63, 3.8) is 0 Å². The Bertz CT molecular complexity index is 370. The van der Waals surface area contributed by atoms with Crippen LogP contribution in [0.4, 0.5) is 19.0 Å². The van der Waals surface area contributed by atoms with Gasteiger partial charge in [-0.3, -0.25) is 0 Å². The molecular formula is C9H10BrF3N2O. The number of hydrogen-bond donors (Lipinski definition) is 2. The van der Waals surface area contributed by atoms with Crippen LogP contribution >= 0.6 is 15.9 Å². The maximum atomic E-state index is 12.0. The van der Waals surface area contributed by atoms with Crippen LogP contribution in [0.1, 0.15) is 5.56 Å². The number of nitrogens with zero attached hydrogens (tertiary/aromatic N) is 1. The molecule has 0 bridgehead atoms. The summed E-state index contributed by atoms with van der Waals surface area (Å²) in [6.45, 7) is 1.18. The van der Waals surface area contributed by atoms with E-state index in [0.29, 0.717) is 4.47 Å². The van der Waals surface area contributed by atoms with Gasteiger partial charge in [-0.05, 0) is 34.5 Å². The molecule has 3 nitrogen and oxygen atoms in total. The van der Waals surface area contributed by atoms with E-state index in [0.717, 1.165) is 5.56 Å². The molecule has 0 aliphatic carbocycles. The highest BCUT2D eigenvalue weighted by atomic mass is 79.9. The van der Waals surface area contributed by atoms with Crippen molar-refractivity contribution in [1.82, 2.24) is 4.98 Å². The Morgan fingerprint density at radius 1 is 1.56 bits per heavy atom. The van der Waals surface area contributed by atoms with Crippen LogP contribution in [0.25, 0.3) is 0 Å². The lowest BCUT2D eigenvalue weighted by molar-refractivity contribution is -0.198. The lowest BCUT2D eigenvalue weighted by Crippen LogP contribution is -2.35. The van der Waals surface area contributed by atoms with Crippen molar-refractivity contribution < 1.29 is 18.3 Å². The zero-order valence-electron chi connectivity index (χ0n) is 8.35. The normalized spacial score (nSPS) is 13.6. The molecule has 2 N–H and O–H groups in total. The number of hydrogen-bond acceptors (Lipinski definition) is 3. The fourth-order valence-corrected chi connectivity index (χ4v) is 1.58. The summed E-state index contributed by atoms with van der Waals surface area (Å²) in [5.74, 6) is 0.272. The van der Waals surface area contributed by atoms with Crippen LogP contribution in [-0.4, -0.2) is 28.9 Å². The number of aliphatic hydroxyl groups is 1. The van der Waals surface area contributed by atoms with Gasteiger partial charge >= 0.3 is 6.18 Å². The third-order valence-electron chi connectivity index (χ3n) is 1.82. The Morgan fingerprint density at radius 2 is 2.19 bits per heavy atom. The third kappa shape index (κ3) is 3.64. The van der Waals surface area contributed by atoms with Gasteiger partial charge in [-0.25, -0.2) is 4.98 Å². The molecule has 0 aliphatic rings. The first-order chi connectivity index (χ1) is 7.30. The van der Waals surface area contributed by atoms with Crippen LogP contribution in [0, 0.1) is 6.92 Å². The smallest absolute Gasteiger partial charge is 0.382 e. The first-order valence-corrected chi connectivity index (χ1v) is 5.21. The summed E-state index contributed by atoms with van der Waals surface area (Å²) in [5.41, 5.74) is 0.883. The molecule has 0 spiro atoms. The molecule has 1 atom stereocenters. The number of alkyl halides is 3. The monoisotopic (exact) mass is 298 g/mol. The van der Waals surface area contributed by atoms with Crippen LogP contribution < -0.4 is 5.32 Å². The summed E-state index contributed by atoms with van der Waals surface area (Å²) in [4.78, 5) is 3.90. The minimum Gasteiger partial charge on any atom is -0.382 e. The highest BCUT2D eigenvalue weighted by molar-refractivity contribution is 9.10. The predicted molar refractivity (Wildman–Crippen MR) is 57.2 cm³/mol. The number of nitrogens with one attached hydrogen (secondary N) is 1. The van der Waals surface area contributed by atoms with Gasteiger partial charge in [0.25, 0.3) is 0 Å². The van der Waals surface area contributed by atoms with Crippen LogP contribution in [0.3, 0.4) is 0 Å². The van der Waals surface area contributed by atoms with E-state index in [-0.39, 0.29) is 5.82 Å². The van der Waals surface area contributed by atoms with Gasteiger partial charge < -0.3 is 10.4 Å². The molecular weight excluding hydrogens is 289 g/mol. The summed E-state index contributed by atoms with van der Waals surface area (Å²) in [6.07, 6.45) is -5.50. The Morgan fingerprint density at radius 3 is 2.69 bits per heavy atom. The Hall–Kier alpha value is -0.820. The number of halogens is 4. The zero-order valence-corrected chi connectivity index (χ0v) is 9.93. The highest BCUT2D eigenvalue weighted by Crippen LogP contribution is 2.23. The number of aryl methyl sites for hydroxylation is 1. The number of rotatable bonds is 3. The van der Waals surface area contributed by atoms with Gasteiger partial charge in [-0.15, -0.1) is 0 Å². The third-order valence-corrected chi connectivity index (χ3v) is 2.42. The average Bonchev–Trinajstić information content (AvgIpc) is 2.14. The summed E-state index contributed by atoms with van der Waals surface area (Å²) in [7, 11) is 0. The van der Waals surface area contributed by atoms with Crippen LogP contribution in [0.5, 0.6) is 0 Å². The van der Waals surface area contributed by atoms with Crippen LogP contribution in [-0.2, 0) is 0 Å². The van der Waals surface area contributed by atoms with Crippen LogP contribution in [0.15, 0.2) is 16.7 Å². The summed E-state index contributed by atoms with van der Waals surface area (Å²) >= 11 is 3.16. The second kappa shape index (κ2) is 5.01. The van der Waals surface area contributed by atoms with Gasteiger partial charge in [-0.2, -0.15) is 13.2 Å². The van der Waals surface area contributed by atoms with Crippen LogP contribution in [0.2, 0.25) is 0 Å². The van der Waals surface area contributed by atoms with Crippen molar-refractivity contribution in [3.05, 3.63) is 22.3 Å². The van der Waals surface area contributed by atoms with E-state index in [1.165, 1.54) is 6.20 Å². The van der Waals surface area contributed by atoms with Gasteiger partial charge in [0, 0.05) is 6.20 Å². The Balaban J connectivity index is 2.62. The quantitative estimate of drug-likeness (QED) is 0.901. The van der Waals surface area contributed by atoms with Gasteiger partial charge in [-0.1, -0.05) is 0 Å². The molecule has 1 aromatic rings. The van der Waals surface area contributed by atoms with Gasteiger partial charge in [0.05, 0.1) is 11.0 Å². The van der Waals surface area contributed by atoms with Gasteiger partial charge in [0.1, 0.15) is 5.82 Å². The molecule has 16 heavy (non-hydrogen) atoms. The Kier molecular flexibility index (Phi) is 4.15. The number of aliphatic hydroxyl groups excluding tert-OH is 1. The Labute approximate surface area is 98.8 Å². The highest BCUT2D eigenvalue weighted by Gasteiger charge is 2.37. The molecule has 90 valence electrons. The number of pyridine rings is 1. The van der Waals surface area contributed by atoms with Crippen molar-refractivity contribution in [3.8, 4) is 0 Å². The molecule has 0 radical (unpaired) electrons. The first-order valence-electron chi connectivity index (χ1n) is 4.41. The largest absolute Gasteiger partial charge is 0.416 e. The lowest BCUT2D eigenvalue weighted by Gasteiger charge is -2.15. The lowest BCUT2D eigenvalue weighted by atomic mass is 10.3. The van der Waals surface area contributed by atoms with Gasteiger partial charge in [0.2, 0.25) is 0 Å².